The zero-order chi connectivity index (χ0) is 10.5. The van der Waals surface area contributed by atoms with Crippen LogP contribution in [0.4, 0.5) is 0 Å². The van der Waals surface area contributed by atoms with Crippen LogP contribution in [0.3, 0.4) is 0 Å². The molecule has 1 unspecified atom stereocenters. The summed E-state index contributed by atoms with van der Waals surface area (Å²) in [5.74, 6) is 0.230. The number of carbonyl (C=O) groups excluding carboxylic acids is 1. The van der Waals surface area contributed by atoms with Crippen LogP contribution in [0.1, 0.15) is 27.2 Å². The molecule has 0 rings (SSSR count). The first-order valence-corrected chi connectivity index (χ1v) is 5.84. The Balaban J connectivity index is 4.29. The van der Waals surface area contributed by atoms with Gasteiger partial charge in [0.25, 0.3) is 0 Å². The minimum atomic E-state index is -3.48. The van der Waals surface area contributed by atoms with Gasteiger partial charge in [0.1, 0.15) is 0 Å². The topological polar surface area (TPSA) is 52.6 Å². The molecule has 0 aromatic rings. The largest absolute Gasteiger partial charge is 0.396 e. The van der Waals surface area contributed by atoms with Crippen LogP contribution in [0.15, 0.2) is 0 Å². The van der Waals surface area contributed by atoms with Gasteiger partial charge in [-0.05, 0) is 5.92 Å². The molecule has 13 heavy (non-hydrogen) atoms. The molecule has 5 heteroatoms. The molecule has 0 spiro atoms. The van der Waals surface area contributed by atoms with Gasteiger partial charge in [-0.25, -0.2) is 0 Å². The average Bonchev–Trinajstić information content (AvgIpc) is 2.12. The van der Waals surface area contributed by atoms with E-state index in [1.807, 2.05) is 13.8 Å². The van der Waals surface area contributed by atoms with E-state index in [4.69, 9.17) is 4.52 Å². The lowest BCUT2D eigenvalue weighted by molar-refractivity contribution is -0.113. The van der Waals surface area contributed by atoms with Crippen LogP contribution in [-0.4, -0.2) is 19.2 Å². The molecule has 0 aromatic carbocycles. The zero-order valence-electron chi connectivity index (χ0n) is 8.57. The molecule has 0 radical (unpaired) electrons. The summed E-state index contributed by atoms with van der Waals surface area (Å²) in [7, 11) is -2.25. The van der Waals surface area contributed by atoms with Crippen molar-refractivity contribution < 1.29 is 18.4 Å². The van der Waals surface area contributed by atoms with E-state index in [0.29, 0.717) is 0 Å². The van der Waals surface area contributed by atoms with E-state index in [1.54, 1.807) is 6.92 Å². The maximum Gasteiger partial charge on any atom is 0.396 e. The fourth-order valence-corrected chi connectivity index (χ4v) is 2.00. The summed E-state index contributed by atoms with van der Waals surface area (Å²) < 4.78 is 21.2. The first kappa shape index (κ1) is 12.8. The fraction of sp³-hybridized carbons (Fsp3) is 0.875. The molecule has 0 saturated carbocycles. The molecule has 0 aliphatic heterocycles. The number of hydrogen-bond donors (Lipinski definition) is 0. The number of rotatable bonds is 6. The third-order valence-electron chi connectivity index (χ3n) is 1.43. The standard InChI is InChI=1S/C8H17O4P/c1-5-8(9)13(10,11-4)12-6-7(2)3/h7H,5-6H2,1-4H3. The van der Waals surface area contributed by atoms with Crippen molar-refractivity contribution in [2.75, 3.05) is 13.7 Å². The van der Waals surface area contributed by atoms with Crippen LogP contribution in [-0.2, 0) is 18.4 Å². The van der Waals surface area contributed by atoms with Crippen molar-refractivity contribution in [3.63, 3.8) is 0 Å². The van der Waals surface area contributed by atoms with Gasteiger partial charge >= 0.3 is 7.60 Å². The zero-order valence-corrected chi connectivity index (χ0v) is 9.47. The van der Waals surface area contributed by atoms with E-state index in [2.05, 4.69) is 4.52 Å². The lowest BCUT2D eigenvalue weighted by Gasteiger charge is -2.15. The monoisotopic (exact) mass is 208 g/mol. The van der Waals surface area contributed by atoms with Gasteiger partial charge in [-0.2, -0.15) is 0 Å². The van der Waals surface area contributed by atoms with Crippen LogP contribution in [0.5, 0.6) is 0 Å². The van der Waals surface area contributed by atoms with Gasteiger partial charge in [-0.1, -0.05) is 20.8 Å². The Morgan fingerprint density at radius 3 is 2.31 bits per heavy atom. The molecule has 4 nitrogen and oxygen atoms in total. The van der Waals surface area contributed by atoms with Crippen molar-refractivity contribution >= 4 is 13.1 Å². The van der Waals surface area contributed by atoms with E-state index in [9.17, 15) is 9.36 Å². The first-order chi connectivity index (χ1) is 5.96. The molecule has 78 valence electrons. The normalized spacial score (nSPS) is 15.8. The summed E-state index contributed by atoms with van der Waals surface area (Å²) >= 11 is 0. The van der Waals surface area contributed by atoms with Gasteiger partial charge in [-0.15, -0.1) is 0 Å². The lowest BCUT2D eigenvalue weighted by Crippen LogP contribution is -2.07. The van der Waals surface area contributed by atoms with E-state index in [1.165, 1.54) is 7.11 Å². The number of carbonyl (C=O) groups is 1. The minimum absolute atomic E-state index is 0.170. The van der Waals surface area contributed by atoms with E-state index >= 15 is 0 Å². The van der Waals surface area contributed by atoms with Crippen molar-refractivity contribution in [1.29, 1.82) is 0 Å². The highest BCUT2D eigenvalue weighted by Gasteiger charge is 2.31. The summed E-state index contributed by atoms with van der Waals surface area (Å²) in [6.45, 7) is 5.73. The van der Waals surface area contributed by atoms with Crippen LogP contribution in [0.25, 0.3) is 0 Å². The van der Waals surface area contributed by atoms with Crippen molar-refractivity contribution in [3.8, 4) is 0 Å². The second kappa shape index (κ2) is 5.53. The molecule has 0 N–H and O–H groups in total. The Labute approximate surface area is 79.1 Å². The van der Waals surface area contributed by atoms with Crippen molar-refractivity contribution in [2.45, 2.75) is 27.2 Å². The second-order valence-corrected chi connectivity index (χ2v) is 5.23. The predicted molar refractivity (Wildman–Crippen MR) is 50.7 cm³/mol. The Morgan fingerprint density at radius 1 is 1.46 bits per heavy atom. The predicted octanol–water partition coefficient (Wildman–Crippen LogP) is 2.44. The maximum absolute atomic E-state index is 11.6. The van der Waals surface area contributed by atoms with Gasteiger partial charge in [0, 0.05) is 13.5 Å². The molecule has 0 aliphatic rings. The summed E-state index contributed by atoms with van der Waals surface area (Å²) in [6, 6.07) is 0. The smallest absolute Gasteiger partial charge is 0.307 e. The lowest BCUT2D eigenvalue weighted by atomic mass is 10.2. The van der Waals surface area contributed by atoms with Crippen molar-refractivity contribution in [3.05, 3.63) is 0 Å². The first-order valence-electron chi connectivity index (χ1n) is 4.30. The summed E-state index contributed by atoms with van der Waals surface area (Å²) in [6.07, 6.45) is 0.170. The summed E-state index contributed by atoms with van der Waals surface area (Å²) in [5.41, 5.74) is -0.462. The summed E-state index contributed by atoms with van der Waals surface area (Å²) in [5, 5.41) is 0. The van der Waals surface area contributed by atoms with Gasteiger partial charge in [-0.3, -0.25) is 9.36 Å². The van der Waals surface area contributed by atoms with Crippen molar-refractivity contribution in [1.82, 2.24) is 0 Å². The molecule has 0 heterocycles. The quantitative estimate of drug-likeness (QED) is 0.629. The van der Waals surface area contributed by atoms with Crippen LogP contribution >= 0.6 is 7.60 Å². The van der Waals surface area contributed by atoms with Crippen LogP contribution in [0, 0.1) is 5.92 Å². The Hall–Kier alpha value is -0.180. The number of hydrogen-bond acceptors (Lipinski definition) is 4. The summed E-state index contributed by atoms with van der Waals surface area (Å²) in [4.78, 5) is 11.2. The Kier molecular flexibility index (Phi) is 5.45. The molecular weight excluding hydrogens is 191 g/mol. The molecule has 0 saturated heterocycles. The molecule has 0 aliphatic carbocycles. The van der Waals surface area contributed by atoms with Crippen LogP contribution in [0.2, 0.25) is 0 Å². The molecular formula is C8H17O4P. The van der Waals surface area contributed by atoms with Crippen LogP contribution < -0.4 is 0 Å². The van der Waals surface area contributed by atoms with Gasteiger partial charge in [0.05, 0.1) is 6.61 Å². The van der Waals surface area contributed by atoms with E-state index < -0.39 is 13.1 Å². The SMILES string of the molecule is CCC(=O)P(=O)(OC)OCC(C)C. The maximum atomic E-state index is 11.6. The average molecular weight is 208 g/mol. The molecule has 0 amide bonds. The molecule has 0 aromatic heterocycles. The van der Waals surface area contributed by atoms with E-state index in [0.717, 1.165) is 0 Å². The van der Waals surface area contributed by atoms with Gasteiger partial charge in [0.15, 0.2) is 0 Å². The molecule has 1 atom stereocenters. The van der Waals surface area contributed by atoms with Crippen molar-refractivity contribution in [2.24, 2.45) is 5.92 Å². The highest BCUT2D eigenvalue weighted by molar-refractivity contribution is 7.71. The van der Waals surface area contributed by atoms with Gasteiger partial charge < -0.3 is 9.05 Å². The Morgan fingerprint density at radius 2 is 2.00 bits per heavy atom. The highest BCUT2D eigenvalue weighted by atomic mass is 31.2. The second-order valence-electron chi connectivity index (χ2n) is 3.12. The third-order valence-corrected chi connectivity index (χ3v) is 3.32. The van der Waals surface area contributed by atoms with E-state index in [-0.39, 0.29) is 18.9 Å². The molecule has 0 bridgehead atoms. The van der Waals surface area contributed by atoms with Gasteiger partial charge in [0.2, 0.25) is 5.52 Å². The fourth-order valence-electron chi connectivity index (χ4n) is 0.667. The third kappa shape index (κ3) is 4.03. The minimum Gasteiger partial charge on any atom is -0.307 e. The molecule has 0 fully saturated rings. The Bertz CT molecular complexity index is 212. The highest BCUT2D eigenvalue weighted by Crippen LogP contribution is 2.49.